The number of aryl methyl sites for hydroxylation is 1. The summed E-state index contributed by atoms with van der Waals surface area (Å²) in [5.74, 6) is 0.283. The van der Waals surface area contributed by atoms with Crippen molar-refractivity contribution in [3.05, 3.63) is 53.4 Å². The first-order chi connectivity index (χ1) is 9.46. The van der Waals surface area contributed by atoms with E-state index in [1.54, 1.807) is 37.3 Å². The monoisotopic (exact) mass is 296 g/mol. The first-order valence-corrected chi connectivity index (χ1v) is 7.74. The predicted octanol–water partition coefficient (Wildman–Crippen LogP) is 1.14. The van der Waals surface area contributed by atoms with Crippen LogP contribution in [0.15, 0.2) is 40.9 Å². The molecule has 1 heterocycles. The lowest BCUT2D eigenvalue weighted by Crippen LogP contribution is -2.29. The predicted molar refractivity (Wildman–Crippen MR) is 73.3 cm³/mol. The second-order valence-electron chi connectivity index (χ2n) is 4.46. The molecule has 1 unspecified atom stereocenters. The van der Waals surface area contributed by atoms with Crippen LogP contribution in [0.5, 0.6) is 0 Å². The molecule has 2 aromatic rings. The molecule has 0 radical (unpaired) electrons. The van der Waals surface area contributed by atoms with Crippen molar-refractivity contribution in [2.45, 2.75) is 18.8 Å². The Kier molecular flexibility index (Phi) is 4.53. The largest absolute Gasteiger partial charge is 0.387 e. The van der Waals surface area contributed by atoms with Crippen molar-refractivity contribution in [2.75, 3.05) is 6.54 Å². The van der Waals surface area contributed by atoms with Gasteiger partial charge in [-0.15, -0.1) is 0 Å². The van der Waals surface area contributed by atoms with Crippen molar-refractivity contribution in [2.24, 2.45) is 0 Å². The number of sulfonamides is 1. The Morgan fingerprint density at radius 2 is 2.05 bits per heavy atom. The average molecular weight is 296 g/mol. The van der Waals surface area contributed by atoms with E-state index in [0.29, 0.717) is 17.0 Å². The Bertz CT molecular complexity index is 652. The minimum atomic E-state index is -3.56. The van der Waals surface area contributed by atoms with Crippen LogP contribution in [0.1, 0.15) is 23.1 Å². The fraction of sp³-hybridized carbons (Fsp3) is 0.308. The highest BCUT2D eigenvalue weighted by molar-refractivity contribution is 7.88. The van der Waals surface area contributed by atoms with Crippen LogP contribution in [0.25, 0.3) is 0 Å². The highest BCUT2D eigenvalue weighted by Crippen LogP contribution is 2.12. The van der Waals surface area contributed by atoms with E-state index in [9.17, 15) is 13.5 Å². The van der Waals surface area contributed by atoms with E-state index in [4.69, 9.17) is 4.52 Å². The molecule has 6 nitrogen and oxygen atoms in total. The van der Waals surface area contributed by atoms with Crippen LogP contribution in [0, 0.1) is 6.92 Å². The van der Waals surface area contributed by atoms with Crippen LogP contribution in [0.3, 0.4) is 0 Å². The Hall–Kier alpha value is -1.70. The van der Waals surface area contributed by atoms with Crippen LogP contribution in [-0.2, 0) is 15.8 Å². The minimum absolute atomic E-state index is 0.0802. The lowest BCUT2D eigenvalue weighted by molar-refractivity contribution is 0.182. The summed E-state index contributed by atoms with van der Waals surface area (Å²) in [6.07, 6.45) is -0.884. The molecule has 1 atom stereocenters. The Morgan fingerprint density at radius 1 is 1.35 bits per heavy atom. The van der Waals surface area contributed by atoms with Crippen LogP contribution >= 0.6 is 0 Å². The molecule has 2 N–H and O–H groups in total. The molecule has 0 aliphatic heterocycles. The number of hydrogen-bond donors (Lipinski definition) is 2. The topological polar surface area (TPSA) is 92.4 Å². The van der Waals surface area contributed by atoms with Gasteiger partial charge >= 0.3 is 0 Å². The Balaban J connectivity index is 1.92. The van der Waals surface area contributed by atoms with E-state index >= 15 is 0 Å². The smallest absolute Gasteiger partial charge is 0.217 e. The van der Waals surface area contributed by atoms with Crippen molar-refractivity contribution >= 4 is 10.0 Å². The summed E-state index contributed by atoms with van der Waals surface area (Å²) in [5, 5.41) is 13.5. The van der Waals surface area contributed by atoms with E-state index in [-0.39, 0.29) is 12.3 Å². The van der Waals surface area contributed by atoms with Gasteiger partial charge in [0.05, 0.1) is 6.10 Å². The lowest BCUT2D eigenvalue weighted by atomic mass is 10.1. The van der Waals surface area contributed by atoms with Crippen molar-refractivity contribution in [3.8, 4) is 0 Å². The third-order valence-electron chi connectivity index (χ3n) is 2.70. The molecule has 0 amide bonds. The van der Waals surface area contributed by atoms with Gasteiger partial charge in [-0.3, -0.25) is 0 Å². The molecule has 1 aromatic heterocycles. The SMILES string of the molecule is Cc1cc(CS(=O)(=O)NCC(O)c2ccccc2)no1. The van der Waals surface area contributed by atoms with Gasteiger partial charge < -0.3 is 9.63 Å². The van der Waals surface area contributed by atoms with Crippen LogP contribution in [0.4, 0.5) is 0 Å². The van der Waals surface area contributed by atoms with Gasteiger partial charge in [0.1, 0.15) is 17.2 Å². The molecule has 0 spiro atoms. The quantitative estimate of drug-likeness (QED) is 0.834. The zero-order valence-corrected chi connectivity index (χ0v) is 11.8. The summed E-state index contributed by atoms with van der Waals surface area (Å²) in [6.45, 7) is 1.61. The van der Waals surface area contributed by atoms with E-state index < -0.39 is 16.1 Å². The molecule has 0 fully saturated rings. The third-order valence-corrected chi connectivity index (χ3v) is 3.98. The van der Waals surface area contributed by atoms with Gasteiger partial charge in [0, 0.05) is 12.6 Å². The minimum Gasteiger partial charge on any atom is -0.387 e. The van der Waals surface area contributed by atoms with Crippen molar-refractivity contribution in [1.29, 1.82) is 0 Å². The van der Waals surface area contributed by atoms with Gasteiger partial charge in [0.25, 0.3) is 0 Å². The average Bonchev–Trinajstić information content (AvgIpc) is 2.82. The lowest BCUT2D eigenvalue weighted by Gasteiger charge is -2.11. The summed E-state index contributed by atoms with van der Waals surface area (Å²) >= 11 is 0. The highest BCUT2D eigenvalue weighted by atomic mass is 32.2. The van der Waals surface area contributed by atoms with Gasteiger partial charge in [-0.05, 0) is 12.5 Å². The van der Waals surface area contributed by atoms with Crippen molar-refractivity contribution in [3.63, 3.8) is 0 Å². The maximum absolute atomic E-state index is 11.8. The molecular weight excluding hydrogens is 280 g/mol. The third kappa shape index (κ3) is 4.16. The second-order valence-corrected chi connectivity index (χ2v) is 6.27. The van der Waals surface area contributed by atoms with E-state index in [2.05, 4.69) is 9.88 Å². The van der Waals surface area contributed by atoms with Gasteiger partial charge in [-0.2, -0.15) is 0 Å². The number of nitrogens with zero attached hydrogens (tertiary/aromatic N) is 1. The Morgan fingerprint density at radius 3 is 2.65 bits per heavy atom. The molecule has 20 heavy (non-hydrogen) atoms. The molecular formula is C13H16N2O4S. The molecule has 0 bridgehead atoms. The summed E-state index contributed by atoms with van der Waals surface area (Å²) in [7, 11) is -3.56. The summed E-state index contributed by atoms with van der Waals surface area (Å²) in [4.78, 5) is 0. The van der Waals surface area contributed by atoms with E-state index in [0.717, 1.165) is 0 Å². The molecule has 108 valence electrons. The highest BCUT2D eigenvalue weighted by Gasteiger charge is 2.16. The van der Waals surface area contributed by atoms with Gasteiger partial charge in [-0.1, -0.05) is 35.5 Å². The molecule has 0 aliphatic carbocycles. The van der Waals surface area contributed by atoms with Gasteiger partial charge in [0.15, 0.2) is 0 Å². The van der Waals surface area contributed by atoms with Crippen molar-refractivity contribution in [1.82, 2.24) is 9.88 Å². The number of hydrogen-bond acceptors (Lipinski definition) is 5. The number of aromatic nitrogens is 1. The zero-order valence-electron chi connectivity index (χ0n) is 11.0. The van der Waals surface area contributed by atoms with Gasteiger partial charge in [0.2, 0.25) is 10.0 Å². The molecule has 0 saturated heterocycles. The Labute approximate surface area is 117 Å². The van der Waals surface area contributed by atoms with Gasteiger partial charge in [-0.25, -0.2) is 13.1 Å². The molecule has 1 aromatic carbocycles. The fourth-order valence-electron chi connectivity index (χ4n) is 1.73. The number of nitrogens with one attached hydrogen (secondary N) is 1. The molecule has 7 heteroatoms. The zero-order chi connectivity index (χ0) is 14.6. The van der Waals surface area contributed by atoms with E-state index in [1.807, 2.05) is 6.07 Å². The van der Waals surface area contributed by atoms with Crippen LogP contribution < -0.4 is 4.72 Å². The first-order valence-electron chi connectivity index (χ1n) is 6.09. The first kappa shape index (κ1) is 14.7. The van der Waals surface area contributed by atoms with Crippen LogP contribution in [-0.4, -0.2) is 25.2 Å². The molecule has 0 saturated carbocycles. The number of aliphatic hydroxyl groups is 1. The number of aliphatic hydroxyl groups excluding tert-OH is 1. The summed E-state index contributed by atoms with van der Waals surface area (Å²) in [6, 6.07) is 10.4. The normalized spacial score (nSPS) is 13.3. The fourth-order valence-corrected chi connectivity index (χ4v) is 2.77. The standard InChI is InChI=1S/C13H16N2O4S/c1-10-7-12(15-19-10)9-20(17,18)14-8-13(16)11-5-3-2-4-6-11/h2-7,13-14,16H,8-9H2,1H3. The molecule has 0 aliphatic rings. The van der Waals surface area contributed by atoms with E-state index in [1.165, 1.54) is 0 Å². The summed E-state index contributed by atoms with van der Waals surface area (Å²) < 4.78 is 30.9. The molecule has 2 rings (SSSR count). The van der Waals surface area contributed by atoms with Crippen LogP contribution in [0.2, 0.25) is 0 Å². The number of rotatable bonds is 6. The maximum Gasteiger partial charge on any atom is 0.217 e. The number of benzene rings is 1. The van der Waals surface area contributed by atoms with Crippen molar-refractivity contribution < 1.29 is 18.0 Å². The summed E-state index contributed by atoms with van der Waals surface area (Å²) in [5.41, 5.74) is 0.997. The second kappa shape index (κ2) is 6.17. The maximum atomic E-state index is 11.8.